The Hall–Kier alpha value is -3.01. The third kappa shape index (κ3) is 2.70. The van der Waals surface area contributed by atoms with E-state index in [0.717, 1.165) is 22.2 Å². The van der Waals surface area contributed by atoms with Crippen molar-refractivity contribution in [1.29, 1.82) is 0 Å². The first kappa shape index (κ1) is 15.5. The molecule has 1 aromatic heterocycles. The summed E-state index contributed by atoms with van der Waals surface area (Å²) in [4.78, 5) is 4.58. The van der Waals surface area contributed by atoms with Crippen LogP contribution >= 0.6 is 0 Å². The topological polar surface area (TPSA) is 17.8 Å². The molecule has 0 N–H and O–H groups in total. The fourth-order valence-electron chi connectivity index (χ4n) is 3.12. The highest BCUT2D eigenvalue weighted by atomic mass is 19.1. The normalized spacial score (nSPS) is 11.2. The molecule has 0 fully saturated rings. The Kier molecular flexibility index (Phi) is 3.80. The fraction of sp³-hybridized carbons (Fsp3) is 0.0952. The molecule has 25 heavy (non-hydrogen) atoms. The zero-order chi connectivity index (χ0) is 17.4. The van der Waals surface area contributed by atoms with Gasteiger partial charge < -0.3 is 4.57 Å². The summed E-state index contributed by atoms with van der Waals surface area (Å²) in [5, 5.41) is 0. The number of imidazole rings is 1. The maximum absolute atomic E-state index is 14.4. The molecule has 0 aliphatic heterocycles. The minimum Gasteiger partial charge on any atom is -0.319 e. The smallest absolute Gasteiger partial charge is 0.147 e. The molecular formula is C21H16F2N2. The van der Waals surface area contributed by atoms with Crippen molar-refractivity contribution in [2.24, 2.45) is 0 Å². The van der Waals surface area contributed by atoms with Gasteiger partial charge in [-0.3, -0.25) is 0 Å². The Labute approximate surface area is 144 Å². The van der Waals surface area contributed by atoms with E-state index in [-0.39, 0.29) is 5.56 Å². The fourth-order valence-corrected chi connectivity index (χ4v) is 3.12. The van der Waals surface area contributed by atoms with Crippen LogP contribution in [0.3, 0.4) is 0 Å². The Balaban J connectivity index is 2.00. The van der Waals surface area contributed by atoms with Crippen LogP contribution in [0.15, 0.2) is 66.7 Å². The monoisotopic (exact) mass is 334 g/mol. The Bertz CT molecular complexity index is 1030. The number of fused-ring (bicyclic) bond motifs is 1. The van der Waals surface area contributed by atoms with Crippen LogP contribution in [0.25, 0.3) is 22.4 Å². The Morgan fingerprint density at radius 3 is 2.24 bits per heavy atom. The van der Waals surface area contributed by atoms with E-state index in [1.165, 1.54) is 18.2 Å². The van der Waals surface area contributed by atoms with Gasteiger partial charge in [0.2, 0.25) is 0 Å². The molecule has 0 unspecified atom stereocenters. The first-order chi connectivity index (χ1) is 12.1. The molecule has 4 heteroatoms. The second-order valence-electron chi connectivity index (χ2n) is 6.05. The molecule has 124 valence electrons. The summed E-state index contributed by atoms with van der Waals surface area (Å²) in [5.41, 5.74) is 3.55. The number of halogens is 2. The molecule has 0 saturated heterocycles. The predicted molar refractivity (Wildman–Crippen MR) is 95.4 cm³/mol. The van der Waals surface area contributed by atoms with Crippen molar-refractivity contribution in [2.45, 2.75) is 13.5 Å². The second kappa shape index (κ2) is 6.13. The van der Waals surface area contributed by atoms with Gasteiger partial charge in [0, 0.05) is 6.54 Å². The van der Waals surface area contributed by atoms with Gasteiger partial charge >= 0.3 is 0 Å². The van der Waals surface area contributed by atoms with E-state index in [0.29, 0.717) is 12.4 Å². The number of nitrogens with zero attached hydrogens (tertiary/aromatic N) is 2. The quantitative estimate of drug-likeness (QED) is 0.494. The number of benzene rings is 3. The molecule has 0 spiro atoms. The number of aryl methyl sites for hydroxylation is 1. The zero-order valence-corrected chi connectivity index (χ0v) is 13.7. The van der Waals surface area contributed by atoms with E-state index < -0.39 is 11.6 Å². The number of rotatable bonds is 3. The highest BCUT2D eigenvalue weighted by Crippen LogP contribution is 2.31. The molecule has 0 bridgehead atoms. The maximum Gasteiger partial charge on any atom is 0.147 e. The summed E-state index contributed by atoms with van der Waals surface area (Å²) < 4.78 is 30.7. The number of para-hydroxylation sites is 1. The van der Waals surface area contributed by atoms with Gasteiger partial charge in [0.25, 0.3) is 0 Å². The molecule has 3 aromatic carbocycles. The van der Waals surface area contributed by atoms with Crippen LogP contribution in [0.2, 0.25) is 0 Å². The summed E-state index contributed by atoms with van der Waals surface area (Å²) in [6.07, 6.45) is 0. The summed E-state index contributed by atoms with van der Waals surface area (Å²) in [7, 11) is 0. The number of hydrogen-bond acceptors (Lipinski definition) is 1. The third-order valence-electron chi connectivity index (χ3n) is 4.35. The molecule has 4 rings (SSSR count). The van der Waals surface area contributed by atoms with Gasteiger partial charge in [0.15, 0.2) is 0 Å². The van der Waals surface area contributed by atoms with Crippen molar-refractivity contribution >= 4 is 11.0 Å². The molecule has 0 radical (unpaired) electrons. The lowest BCUT2D eigenvalue weighted by molar-refractivity contribution is 0.585. The van der Waals surface area contributed by atoms with E-state index in [4.69, 9.17) is 0 Å². The van der Waals surface area contributed by atoms with E-state index >= 15 is 0 Å². The van der Waals surface area contributed by atoms with Crippen LogP contribution in [-0.2, 0) is 6.54 Å². The molecule has 0 amide bonds. The summed E-state index contributed by atoms with van der Waals surface area (Å²) in [6, 6.07) is 19.5. The molecule has 1 heterocycles. The predicted octanol–water partition coefficient (Wildman–Crippen LogP) is 5.34. The van der Waals surface area contributed by atoms with Gasteiger partial charge in [0.05, 0.1) is 16.6 Å². The summed E-state index contributed by atoms with van der Waals surface area (Å²) in [5.74, 6) is -0.909. The van der Waals surface area contributed by atoms with Crippen molar-refractivity contribution in [2.75, 3.05) is 0 Å². The zero-order valence-electron chi connectivity index (χ0n) is 13.7. The highest BCUT2D eigenvalue weighted by molar-refractivity contribution is 5.83. The van der Waals surface area contributed by atoms with E-state index in [9.17, 15) is 8.78 Å². The van der Waals surface area contributed by atoms with Crippen LogP contribution in [0.5, 0.6) is 0 Å². The van der Waals surface area contributed by atoms with Crippen LogP contribution in [0.1, 0.15) is 11.1 Å². The van der Waals surface area contributed by atoms with Crippen LogP contribution in [-0.4, -0.2) is 9.55 Å². The summed E-state index contributed by atoms with van der Waals surface area (Å²) in [6.45, 7) is 2.44. The Morgan fingerprint density at radius 1 is 0.840 bits per heavy atom. The van der Waals surface area contributed by atoms with Crippen molar-refractivity contribution in [3.8, 4) is 11.4 Å². The molecule has 0 saturated carbocycles. The van der Waals surface area contributed by atoms with Gasteiger partial charge in [-0.15, -0.1) is 0 Å². The van der Waals surface area contributed by atoms with Gasteiger partial charge in [-0.2, -0.15) is 0 Å². The van der Waals surface area contributed by atoms with Crippen LogP contribution in [0.4, 0.5) is 8.78 Å². The van der Waals surface area contributed by atoms with E-state index in [2.05, 4.69) is 4.98 Å². The largest absolute Gasteiger partial charge is 0.319 e. The Morgan fingerprint density at radius 2 is 1.52 bits per heavy atom. The molecule has 0 atom stereocenters. The maximum atomic E-state index is 14.4. The van der Waals surface area contributed by atoms with Crippen molar-refractivity contribution in [3.63, 3.8) is 0 Å². The van der Waals surface area contributed by atoms with Gasteiger partial charge in [-0.1, -0.05) is 48.5 Å². The molecule has 0 aliphatic carbocycles. The molecule has 0 aliphatic rings. The highest BCUT2D eigenvalue weighted by Gasteiger charge is 2.20. The van der Waals surface area contributed by atoms with Crippen molar-refractivity contribution in [1.82, 2.24) is 9.55 Å². The molecule has 4 aromatic rings. The molecular weight excluding hydrogens is 318 g/mol. The van der Waals surface area contributed by atoms with Crippen LogP contribution in [0, 0.1) is 18.6 Å². The second-order valence-corrected chi connectivity index (χ2v) is 6.05. The number of hydrogen-bond donors (Lipinski definition) is 0. The average Bonchev–Trinajstić information content (AvgIpc) is 2.96. The van der Waals surface area contributed by atoms with E-state index in [1.54, 1.807) is 0 Å². The first-order valence-corrected chi connectivity index (χ1v) is 8.09. The lowest BCUT2D eigenvalue weighted by atomic mass is 10.1. The minimum atomic E-state index is -0.609. The first-order valence-electron chi connectivity index (χ1n) is 8.09. The third-order valence-corrected chi connectivity index (χ3v) is 4.35. The van der Waals surface area contributed by atoms with Gasteiger partial charge in [0.1, 0.15) is 17.5 Å². The lowest BCUT2D eigenvalue weighted by Gasteiger charge is -2.11. The standard InChI is InChI=1S/C21H16F2N2/c1-14-7-5-12-18-20(14)24-21(19-16(22)10-6-11-17(19)23)25(18)13-15-8-3-2-4-9-15/h2-12H,13H2,1H3. The van der Waals surface area contributed by atoms with Gasteiger partial charge in [-0.05, 0) is 36.2 Å². The molecule has 2 nitrogen and oxygen atoms in total. The van der Waals surface area contributed by atoms with Gasteiger partial charge in [-0.25, -0.2) is 13.8 Å². The van der Waals surface area contributed by atoms with Crippen molar-refractivity contribution in [3.05, 3.63) is 89.5 Å². The van der Waals surface area contributed by atoms with Crippen molar-refractivity contribution < 1.29 is 8.78 Å². The summed E-state index contributed by atoms with van der Waals surface area (Å²) >= 11 is 0. The van der Waals surface area contributed by atoms with E-state index in [1.807, 2.05) is 60.0 Å². The number of aromatic nitrogens is 2. The van der Waals surface area contributed by atoms with Crippen LogP contribution < -0.4 is 0 Å². The minimum absolute atomic E-state index is 0.0889. The SMILES string of the molecule is Cc1cccc2c1nc(-c1c(F)cccc1F)n2Cc1ccccc1. The lowest BCUT2D eigenvalue weighted by Crippen LogP contribution is -2.04. The average molecular weight is 334 g/mol.